The molecule has 108 valence electrons. The summed E-state index contributed by atoms with van der Waals surface area (Å²) < 4.78 is 33.2. The molecule has 0 spiro atoms. The first-order valence-corrected chi connectivity index (χ1v) is 7.38. The number of nitrogens with zero attached hydrogens (tertiary/aromatic N) is 2. The Hall–Kier alpha value is -1.92. The van der Waals surface area contributed by atoms with Crippen LogP contribution in [0.4, 0.5) is 0 Å². The number of aromatic nitrogens is 1. The van der Waals surface area contributed by atoms with Gasteiger partial charge in [-0.3, -0.25) is 0 Å². The molecule has 2 rings (SSSR count). The molecule has 0 aliphatic heterocycles. The molecule has 1 aromatic heterocycles. The fourth-order valence-corrected chi connectivity index (χ4v) is 1.83. The first-order valence-electron chi connectivity index (χ1n) is 5.97. The van der Waals surface area contributed by atoms with E-state index in [0.29, 0.717) is 0 Å². The van der Waals surface area contributed by atoms with Gasteiger partial charge in [-0.1, -0.05) is 28.4 Å². The third-order valence-electron chi connectivity index (χ3n) is 2.47. The van der Waals surface area contributed by atoms with Crippen molar-refractivity contribution in [3.63, 3.8) is 0 Å². The molecule has 6 heteroatoms. The quantitative estimate of drug-likeness (QED) is 0.614. The summed E-state index contributed by atoms with van der Waals surface area (Å²) >= 11 is 0. The van der Waals surface area contributed by atoms with E-state index in [1.165, 1.54) is 12.1 Å². The van der Waals surface area contributed by atoms with Crippen molar-refractivity contribution in [3.05, 3.63) is 60.4 Å². The number of hydrogen-bond donors (Lipinski definition) is 0. The molecule has 2 aromatic rings. The molecule has 0 aliphatic rings. The normalized spacial score (nSPS) is 10.4. The highest BCUT2D eigenvalue weighted by atomic mass is 32.2. The number of benzene rings is 1. The Morgan fingerprint density at radius 1 is 1.00 bits per heavy atom. The van der Waals surface area contributed by atoms with Crippen LogP contribution in [0.3, 0.4) is 0 Å². The number of rotatable bonds is 2. The molecule has 5 nitrogen and oxygen atoms in total. The molecule has 1 heterocycles. The van der Waals surface area contributed by atoms with E-state index in [9.17, 15) is 13.0 Å². The summed E-state index contributed by atoms with van der Waals surface area (Å²) in [7, 11) is -0.270. The lowest BCUT2D eigenvalue weighted by Gasteiger charge is -2.05. The summed E-state index contributed by atoms with van der Waals surface area (Å²) in [6, 6.07) is 11.8. The molecule has 20 heavy (non-hydrogen) atoms. The summed E-state index contributed by atoms with van der Waals surface area (Å²) in [5, 5.41) is 2.00. The van der Waals surface area contributed by atoms with E-state index in [1.54, 1.807) is 12.1 Å². The van der Waals surface area contributed by atoms with Gasteiger partial charge in [0.2, 0.25) is 0 Å². The van der Waals surface area contributed by atoms with Crippen LogP contribution in [0.5, 0.6) is 0 Å². The van der Waals surface area contributed by atoms with Crippen molar-refractivity contribution in [2.45, 2.75) is 11.8 Å². The van der Waals surface area contributed by atoms with E-state index in [-0.39, 0.29) is 4.90 Å². The van der Waals surface area contributed by atoms with Gasteiger partial charge in [0.25, 0.3) is 0 Å². The molecule has 0 unspecified atom stereocenters. The number of hydrogen-bond acceptors (Lipinski definition) is 4. The van der Waals surface area contributed by atoms with Gasteiger partial charge < -0.3 is 4.55 Å². The van der Waals surface area contributed by atoms with Crippen molar-refractivity contribution in [3.8, 4) is 0 Å². The van der Waals surface area contributed by atoms with Crippen molar-refractivity contribution in [1.29, 1.82) is 0 Å². The minimum atomic E-state index is -4.27. The zero-order valence-electron chi connectivity index (χ0n) is 11.7. The third kappa shape index (κ3) is 5.38. The number of aryl methyl sites for hydroxylation is 1. The minimum absolute atomic E-state index is 0.178. The van der Waals surface area contributed by atoms with Crippen LogP contribution in [-0.2, 0) is 10.1 Å². The maximum absolute atomic E-state index is 10.4. The van der Waals surface area contributed by atoms with Gasteiger partial charge in [-0.15, -0.1) is 0 Å². The van der Waals surface area contributed by atoms with Gasteiger partial charge in [0.1, 0.15) is 10.1 Å². The first-order chi connectivity index (χ1) is 9.30. The van der Waals surface area contributed by atoms with Gasteiger partial charge in [0.05, 0.1) is 19.0 Å². The van der Waals surface area contributed by atoms with E-state index >= 15 is 0 Å². The average molecular weight is 294 g/mol. The molecule has 0 amide bonds. The average Bonchev–Trinajstić information content (AvgIpc) is 2.40. The summed E-state index contributed by atoms with van der Waals surface area (Å²) in [5.74, 6) is 0. The Morgan fingerprint density at radius 3 is 1.85 bits per heavy atom. The fourth-order valence-electron chi connectivity index (χ4n) is 1.36. The monoisotopic (exact) mass is 294 g/mol. The van der Waals surface area contributed by atoms with Crippen LogP contribution in [-0.4, -0.2) is 27.1 Å². The molecule has 0 saturated carbocycles. The zero-order chi connectivity index (χ0) is 15.2. The predicted molar refractivity (Wildman–Crippen MR) is 75.8 cm³/mol. The molecule has 0 bridgehead atoms. The van der Waals surface area contributed by atoms with Crippen molar-refractivity contribution >= 4 is 10.1 Å². The van der Waals surface area contributed by atoms with Gasteiger partial charge in [-0.25, -0.2) is 8.42 Å². The highest BCUT2D eigenvalue weighted by Gasteiger charge is 1.98. The lowest BCUT2D eigenvalue weighted by atomic mass is 10.2. The van der Waals surface area contributed by atoms with Crippen LogP contribution in [0.2, 0.25) is 0 Å². The maximum Gasteiger partial charge on any atom is 0.199 e. The van der Waals surface area contributed by atoms with Crippen molar-refractivity contribution in [1.82, 2.24) is 0 Å². The van der Waals surface area contributed by atoms with Gasteiger partial charge >= 0.3 is 0 Å². The smallest absolute Gasteiger partial charge is 0.199 e. The molecular formula is C14H18N2O3S. The summed E-state index contributed by atoms with van der Waals surface area (Å²) in [5.41, 5.74) is 0.928. The summed E-state index contributed by atoms with van der Waals surface area (Å²) in [4.78, 5) is -0.178. The number of pyridine rings is 1. The lowest BCUT2D eigenvalue weighted by Crippen LogP contribution is -2.51. The molecule has 0 N–H and O–H groups in total. The second-order valence-electron chi connectivity index (χ2n) is 4.37. The minimum Gasteiger partial charge on any atom is -0.744 e. The maximum atomic E-state index is 10.4. The topological polar surface area (TPSA) is 64.3 Å². The SMILES string of the molecule is CN(C)[n+]1ccccc1.Cc1ccc(S(=O)(=O)[O-])cc1. The third-order valence-corrected chi connectivity index (χ3v) is 3.32. The van der Waals surface area contributed by atoms with E-state index in [2.05, 4.69) is 0 Å². The molecule has 0 saturated heterocycles. The molecule has 0 radical (unpaired) electrons. The van der Waals surface area contributed by atoms with Crippen molar-refractivity contribution < 1.29 is 17.6 Å². The molecule has 1 aromatic carbocycles. The van der Waals surface area contributed by atoms with Gasteiger partial charge in [0.15, 0.2) is 12.4 Å². The van der Waals surface area contributed by atoms with Gasteiger partial charge in [-0.2, -0.15) is 5.01 Å². The zero-order valence-corrected chi connectivity index (χ0v) is 12.5. The Labute approximate surface area is 119 Å². The Kier molecular flexibility index (Phi) is 5.66. The second kappa shape index (κ2) is 7.02. The standard InChI is InChI=1S/C7H11N2.C7H8O3S/c1-8(2)9-6-4-3-5-7-9;1-6-2-4-7(5-3-6)11(8,9)10/h3-7H,1-2H3;2-5H,1H3,(H,8,9,10)/q+1;/p-1. The van der Waals surface area contributed by atoms with Crippen molar-refractivity contribution in [2.24, 2.45) is 0 Å². The highest BCUT2D eigenvalue weighted by molar-refractivity contribution is 7.85. The first kappa shape index (κ1) is 16.1. The fraction of sp³-hybridized carbons (Fsp3) is 0.214. The Morgan fingerprint density at radius 2 is 1.50 bits per heavy atom. The summed E-state index contributed by atoms with van der Waals surface area (Å²) in [6.07, 6.45) is 4.00. The van der Waals surface area contributed by atoms with Crippen LogP contribution in [0, 0.1) is 6.92 Å². The molecular weight excluding hydrogens is 276 g/mol. The molecule has 0 aliphatic carbocycles. The van der Waals surface area contributed by atoms with E-state index in [1.807, 2.05) is 61.3 Å². The van der Waals surface area contributed by atoms with E-state index in [0.717, 1.165) is 5.56 Å². The predicted octanol–water partition coefficient (Wildman–Crippen LogP) is 1.07. The van der Waals surface area contributed by atoms with E-state index < -0.39 is 10.1 Å². The second-order valence-corrected chi connectivity index (χ2v) is 5.75. The van der Waals surface area contributed by atoms with E-state index in [4.69, 9.17) is 0 Å². The Balaban J connectivity index is 0.000000204. The lowest BCUT2D eigenvalue weighted by molar-refractivity contribution is -0.687. The van der Waals surface area contributed by atoms with Gasteiger partial charge in [0, 0.05) is 12.1 Å². The molecule has 0 atom stereocenters. The van der Waals surface area contributed by atoms with Crippen LogP contribution in [0.25, 0.3) is 0 Å². The summed E-state index contributed by atoms with van der Waals surface area (Å²) in [6.45, 7) is 1.82. The van der Waals surface area contributed by atoms with Crippen LogP contribution in [0.15, 0.2) is 59.8 Å². The van der Waals surface area contributed by atoms with Crippen LogP contribution in [0.1, 0.15) is 5.56 Å². The largest absolute Gasteiger partial charge is 0.744 e. The highest BCUT2D eigenvalue weighted by Crippen LogP contribution is 2.08. The van der Waals surface area contributed by atoms with Crippen LogP contribution >= 0.6 is 0 Å². The molecule has 0 fully saturated rings. The van der Waals surface area contributed by atoms with Crippen LogP contribution < -0.4 is 9.69 Å². The Bertz CT molecular complexity index is 623. The van der Waals surface area contributed by atoms with Gasteiger partial charge in [-0.05, 0) is 19.1 Å². The van der Waals surface area contributed by atoms with Crippen molar-refractivity contribution in [2.75, 3.05) is 19.1 Å².